The molecule has 2 N–H and O–H groups in total. The first kappa shape index (κ1) is 11.6. The number of aromatic nitrogens is 4. The predicted molar refractivity (Wildman–Crippen MR) is 83.3 cm³/mol. The van der Waals surface area contributed by atoms with Crippen LogP contribution < -0.4 is 5.73 Å². The fourth-order valence-electron chi connectivity index (χ4n) is 3.98. The van der Waals surface area contributed by atoms with Crippen LogP contribution in [0.15, 0.2) is 6.07 Å². The van der Waals surface area contributed by atoms with Gasteiger partial charge in [-0.25, -0.2) is 9.97 Å². The Balaban J connectivity index is 1.89. The van der Waals surface area contributed by atoms with E-state index in [9.17, 15) is 0 Å². The van der Waals surface area contributed by atoms with E-state index < -0.39 is 0 Å². The summed E-state index contributed by atoms with van der Waals surface area (Å²) in [6.07, 6.45) is 7.05. The van der Waals surface area contributed by atoms with Gasteiger partial charge >= 0.3 is 0 Å². The van der Waals surface area contributed by atoms with Crippen LogP contribution in [0.1, 0.15) is 37.3 Å². The Morgan fingerprint density at radius 2 is 1.62 bits per heavy atom. The van der Waals surface area contributed by atoms with E-state index in [1.165, 1.54) is 42.8 Å². The summed E-state index contributed by atoms with van der Waals surface area (Å²) < 4.78 is 4.65. The van der Waals surface area contributed by atoms with Crippen molar-refractivity contribution in [2.75, 3.05) is 5.73 Å². The molecule has 0 atom stereocenters. The summed E-state index contributed by atoms with van der Waals surface area (Å²) in [6, 6.07) is 2.20. The number of fused-ring (bicyclic) bond motifs is 6. The van der Waals surface area contributed by atoms with Gasteiger partial charge in [-0.3, -0.25) is 0 Å². The molecule has 2 aromatic heterocycles. The molecule has 3 aromatic rings. The second kappa shape index (κ2) is 4.00. The summed E-state index contributed by atoms with van der Waals surface area (Å²) in [7, 11) is 0. The number of benzene rings is 1. The largest absolute Gasteiger partial charge is 0.395 e. The lowest BCUT2D eigenvalue weighted by atomic mass is 10.1. The van der Waals surface area contributed by atoms with Crippen LogP contribution in [0.4, 0.5) is 5.69 Å². The summed E-state index contributed by atoms with van der Waals surface area (Å²) >= 11 is 0. The molecule has 0 unspecified atom stereocenters. The van der Waals surface area contributed by atoms with E-state index in [0.29, 0.717) is 0 Å². The van der Waals surface area contributed by atoms with Gasteiger partial charge in [-0.05, 0) is 31.7 Å². The maximum atomic E-state index is 6.50. The minimum Gasteiger partial charge on any atom is -0.395 e. The van der Waals surface area contributed by atoms with Crippen molar-refractivity contribution in [3.8, 4) is 0 Å². The number of anilines is 1. The highest BCUT2D eigenvalue weighted by atomic mass is 15.1. The van der Waals surface area contributed by atoms with Gasteiger partial charge in [0.25, 0.3) is 0 Å². The molecule has 0 fully saturated rings. The Hall–Kier alpha value is -2.04. The zero-order valence-electron chi connectivity index (χ0n) is 12.1. The van der Waals surface area contributed by atoms with Gasteiger partial charge in [0.2, 0.25) is 0 Å². The van der Waals surface area contributed by atoms with Crippen LogP contribution in [-0.2, 0) is 25.9 Å². The minimum absolute atomic E-state index is 0.824. The third-order valence-corrected chi connectivity index (χ3v) is 5.01. The molecule has 21 heavy (non-hydrogen) atoms. The summed E-state index contributed by atoms with van der Waals surface area (Å²) in [5.41, 5.74) is 11.6. The quantitative estimate of drug-likeness (QED) is 0.644. The van der Waals surface area contributed by atoms with Crippen LogP contribution in [0, 0.1) is 0 Å². The standard InChI is InChI=1S/C16H19N5/c17-14-15-11(20-7-3-1-6-13(20)19-15)9-10-16(14)21-8-4-2-5-12(21)18-10/h9H,1-8,17H2. The monoisotopic (exact) mass is 281 g/mol. The van der Waals surface area contributed by atoms with Crippen LogP contribution in [0.2, 0.25) is 0 Å². The molecule has 1 aromatic carbocycles. The molecule has 0 amide bonds. The first-order chi connectivity index (χ1) is 10.3. The van der Waals surface area contributed by atoms with E-state index in [2.05, 4.69) is 15.2 Å². The van der Waals surface area contributed by atoms with Gasteiger partial charge in [-0.15, -0.1) is 0 Å². The topological polar surface area (TPSA) is 61.7 Å². The lowest BCUT2D eigenvalue weighted by molar-refractivity contribution is 0.532. The van der Waals surface area contributed by atoms with Crippen molar-refractivity contribution in [3.05, 3.63) is 17.7 Å². The van der Waals surface area contributed by atoms with E-state index in [-0.39, 0.29) is 0 Å². The number of hydrogen-bond acceptors (Lipinski definition) is 3. The molecule has 0 saturated heterocycles. The molecule has 0 aliphatic carbocycles. The molecule has 0 radical (unpaired) electrons. The van der Waals surface area contributed by atoms with Gasteiger partial charge in [0.15, 0.2) is 0 Å². The van der Waals surface area contributed by atoms with Crippen LogP contribution >= 0.6 is 0 Å². The van der Waals surface area contributed by atoms with Crippen molar-refractivity contribution in [2.24, 2.45) is 0 Å². The predicted octanol–water partition coefficient (Wildman–Crippen LogP) is 2.64. The van der Waals surface area contributed by atoms with Gasteiger partial charge in [-0.2, -0.15) is 0 Å². The minimum atomic E-state index is 0.824. The zero-order chi connectivity index (χ0) is 14.0. The molecular weight excluding hydrogens is 262 g/mol. The van der Waals surface area contributed by atoms with Crippen molar-refractivity contribution < 1.29 is 0 Å². The van der Waals surface area contributed by atoms with E-state index >= 15 is 0 Å². The fraction of sp³-hybridized carbons (Fsp3) is 0.500. The summed E-state index contributed by atoms with van der Waals surface area (Å²) in [5.74, 6) is 2.38. The molecule has 108 valence electrons. The van der Waals surface area contributed by atoms with Crippen molar-refractivity contribution >= 4 is 27.8 Å². The Labute approximate surface area is 122 Å². The van der Waals surface area contributed by atoms with Crippen molar-refractivity contribution in [3.63, 3.8) is 0 Å². The molecule has 5 heteroatoms. The van der Waals surface area contributed by atoms with Crippen molar-refractivity contribution in [1.29, 1.82) is 0 Å². The Bertz CT molecular complexity index is 868. The maximum absolute atomic E-state index is 6.50. The third kappa shape index (κ3) is 1.46. The highest BCUT2D eigenvalue weighted by Crippen LogP contribution is 2.34. The van der Waals surface area contributed by atoms with E-state index in [4.69, 9.17) is 15.7 Å². The highest BCUT2D eigenvalue weighted by molar-refractivity contribution is 6.05. The van der Waals surface area contributed by atoms with Crippen molar-refractivity contribution in [1.82, 2.24) is 19.1 Å². The van der Waals surface area contributed by atoms with Gasteiger partial charge in [-0.1, -0.05) is 0 Å². The Morgan fingerprint density at radius 1 is 0.905 bits per heavy atom. The summed E-state index contributed by atoms with van der Waals surface area (Å²) in [6.45, 7) is 2.10. The number of nitrogens with two attached hydrogens (primary N) is 1. The number of nitrogens with zero attached hydrogens (tertiary/aromatic N) is 4. The average Bonchev–Trinajstić information content (AvgIpc) is 3.06. The second-order valence-corrected chi connectivity index (χ2v) is 6.30. The second-order valence-electron chi connectivity index (χ2n) is 6.30. The molecule has 2 aliphatic rings. The molecule has 4 heterocycles. The number of hydrogen-bond donors (Lipinski definition) is 1. The molecule has 2 aliphatic heterocycles. The Morgan fingerprint density at radius 3 is 2.43 bits per heavy atom. The third-order valence-electron chi connectivity index (χ3n) is 5.01. The first-order valence-corrected chi connectivity index (χ1v) is 7.99. The number of aryl methyl sites for hydroxylation is 4. The van der Waals surface area contributed by atoms with Crippen molar-refractivity contribution in [2.45, 2.75) is 51.6 Å². The van der Waals surface area contributed by atoms with E-state index in [0.717, 1.165) is 48.2 Å². The zero-order valence-corrected chi connectivity index (χ0v) is 12.1. The van der Waals surface area contributed by atoms with Gasteiger partial charge < -0.3 is 14.9 Å². The number of imidazole rings is 2. The van der Waals surface area contributed by atoms with Crippen LogP contribution in [0.3, 0.4) is 0 Å². The maximum Gasteiger partial charge on any atom is 0.114 e. The summed E-state index contributed by atoms with van der Waals surface area (Å²) in [4.78, 5) is 9.66. The number of rotatable bonds is 0. The van der Waals surface area contributed by atoms with E-state index in [1.807, 2.05) is 0 Å². The average molecular weight is 281 g/mol. The Kier molecular flexibility index (Phi) is 2.21. The normalized spacial score (nSPS) is 18.1. The van der Waals surface area contributed by atoms with Crippen LogP contribution in [-0.4, -0.2) is 19.1 Å². The molecule has 0 spiro atoms. The van der Waals surface area contributed by atoms with Gasteiger partial charge in [0, 0.05) is 25.9 Å². The SMILES string of the molecule is Nc1c2nc3n(c2cc2nc4n(c12)CCCC4)CCCC3. The lowest BCUT2D eigenvalue weighted by Gasteiger charge is -2.15. The highest BCUT2D eigenvalue weighted by Gasteiger charge is 2.22. The van der Waals surface area contributed by atoms with Crippen LogP contribution in [0.25, 0.3) is 22.1 Å². The fourth-order valence-corrected chi connectivity index (χ4v) is 3.98. The smallest absolute Gasteiger partial charge is 0.114 e. The molecular formula is C16H19N5. The number of nitrogen functional groups attached to an aromatic ring is 1. The molecule has 5 nitrogen and oxygen atoms in total. The molecule has 0 bridgehead atoms. The molecule has 0 saturated carbocycles. The first-order valence-electron chi connectivity index (χ1n) is 7.99. The van der Waals surface area contributed by atoms with E-state index in [1.54, 1.807) is 0 Å². The molecule has 5 rings (SSSR count). The van der Waals surface area contributed by atoms with Gasteiger partial charge in [0.1, 0.15) is 17.2 Å². The lowest BCUT2D eigenvalue weighted by Crippen LogP contribution is -2.10. The van der Waals surface area contributed by atoms with Crippen LogP contribution in [0.5, 0.6) is 0 Å². The summed E-state index contributed by atoms with van der Waals surface area (Å²) in [5, 5.41) is 0. The van der Waals surface area contributed by atoms with Gasteiger partial charge in [0.05, 0.1) is 22.2 Å².